The fourth-order valence-electron chi connectivity index (χ4n) is 3.24. The molecule has 8 heteroatoms. The van der Waals surface area contributed by atoms with E-state index in [1.54, 1.807) is 11.0 Å². The maximum absolute atomic E-state index is 13.4. The number of anilines is 1. The molecule has 28 heavy (non-hydrogen) atoms. The normalized spacial score (nSPS) is 14.7. The molecule has 0 aliphatic carbocycles. The van der Waals surface area contributed by atoms with Crippen LogP contribution in [0, 0.1) is 5.82 Å². The summed E-state index contributed by atoms with van der Waals surface area (Å²) in [4.78, 5) is 23.4. The predicted octanol–water partition coefficient (Wildman–Crippen LogP) is 3.14. The first-order valence-corrected chi connectivity index (χ1v) is 9.70. The summed E-state index contributed by atoms with van der Waals surface area (Å²) in [6, 6.07) is 4.49. The number of hydrogen-bond acceptors (Lipinski definition) is 5. The largest absolute Gasteiger partial charge is 0.396 e. The number of aliphatic hydroxyl groups excluding tert-OH is 1. The van der Waals surface area contributed by atoms with Crippen molar-refractivity contribution in [2.75, 3.05) is 18.5 Å². The second kappa shape index (κ2) is 8.84. The smallest absolute Gasteiger partial charge is 0.223 e. The molecule has 2 N–H and O–H groups in total. The Balaban J connectivity index is 1.70. The molecule has 3 rings (SSSR count). The molecule has 1 aromatic heterocycles. The summed E-state index contributed by atoms with van der Waals surface area (Å²) in [5.74, 6) is -0.485. The maximum atomic E-state index is 13.4. The van der Waals surface area contributed by atoms with Crippen molar-refractivity contribution >= 4 is 23.5 Å². The van der Waals surface area contributed by atoms with Crippen LogP contribution < -0.4 is 5.32 Å². The molecule has 1 aromatic carbocycles. The van der Waals surface area contributed by atoms with Crippen molar-refractivity contribution in [2.24, 2.45) is 0 Å². The van der Waals surface area contributed by atoms with Gasteiger partial charge in [0.15, 0.2) is 0 Å². The van der Waals surface area contributed by atoms with Gasteiger partial charge in [0.2, 0.25) is 11.9 Å². The van der Waals surface area contributed by atoms with Crippen molar-refractivity contribution in [3.63, 3.8) is 0 Å². The van der Waals surface area contributed by atoms with Crippen LogP contribution in [-0.4, -0.2) is 45.1 Å². The van der Waals surface area contributed by atoms with Crippen LogP contribution in [0.4, 0.5) is 10.3 Å². The summed E-state index contributed by atoms with van der Waals surface area (Å²) in [6.07, 6.45) is 2.62. The van der Waals surface area contributed by atoms with E-state index in [1.807, 2.05) is 20.0 Å². The Morgan fingerprint density at radius 3 is 2.89 bits per heavy atom. The molecule has 150 valence electrons. The van der Waals surface area contributed by atoms with Crippen molar-refractivity contribution in [3.8, 4) is 0 Å². The standard InChI is InChI=1S/C20H24ClFN4O2/c1-12(2)24-20-23-9-14-5-6-26(10-18(14)25-20)19(28)8-15(11-27)13-3-4-17(22)16(21)7-13/h3-4,7,9,12,15,27H,5-6,8,10-11H2,1-2H3,(H,23,24,25). The quantitative estimate of drug-likeness (QED) is 0.770. The summed E-state index contributed by atoms with van der Waals surface area (Å²) >= 11 is 5.83. The number of carbonyl (C=O) groups excluding carboxylic acids is 1. The number of carbonyl (C=O) groups is 1. The molecule has 6 nitrogen and oxygen atoms in total. The Kier molecular flexibility index (Phi) is 6.46. The molecule has 0 saturated carbocycles. The van der Waals surface area contributed by atoms with E-state index < -0.39 is 11.7 Å². The molecule has 0 bridgehead atoms. The number of amides is 1. The highest BCUT2D eigenvalue weighted by atomic mass is 35.5. The number of fused-ring (bicyclic) bond motifs is 1. The molecule has 0 fully saturated rings. The molecular formula is C20H24ClFN4O2. The average Bonchev–Trinajstić information content (AvgIpc) is 2.67. The number of aromatic nitrogens is 2. The Morgan fingerprint density at radius 1 is 1.43 bits per heavy atom. The van der Waals surface area contributed by atoms with Crippen LogP contribution in [0.3, 0.4) is 0 Å². The number of hydrogen-bond donors (Lipinski definition) is 2. The van der Waals surface area contributed by atoms with Gasteiger partial charge in [-0.1, -0.05) is 17.7 Å². The molecule has 1 unspecified atom stereocenters. The van der Waals surface area contributed by atoms with Crippen LogP contribution in [0.25, 0.3) is 0 Å². The number of rotatable bonds is 6. The monoisotopic (exact) mass is 406 g/mol. The van der Waals surface area contributed by atoms with Crippen LogP contribution in [0.1, 0.15) is 43.0 Å². The first kappa shape index (κ1) is 20.5. The van der Waals surface area contributed by atoms with Crippen molar-refractivity contribution in [3.05, 3.63) is 52.1 Å². The number of benzene rings is 1. The van der Waals surface area contributed by atoms with E-state index >= 15 is 0 Å². The van der Waals surface area contributed by atoms with Crippen LogP contribution in [0.15, 0.2) is 24.4 Å². The minimum Gasteiger partial charge on any atom is -0.396 e. The highest BCUT2D eigenvalue weighted by molar-refractivity contribution is 6.30. The fraction of sp³-hybridized carbons (Fsp3) is 0.450. The van der Waals surface area contributed by atoms with Gasteiger partial charge >= 0.3 is 0 Å². The van der Waals surface area contributed by atoms with Gasteiger partial charge in [-0.05, 0) is 43.5 Å². The van der Waals surface area contributed by atoms with E-state index in [0.717, 1.165) is 11.3 Å². The SMILES string of the molecule is CC(C)Nc1ncc2c(n1)CN(C(=O)CC(CO)c1ccc(F)c(Cl)c1)CC2. The first-order valence-electron chi connectivity index (χ1n) is 9.32. The van der Waals surface area contributed by atoms with Gasteiger partial charge in [-0.2, -0.15) is 0 Å². The Hall–Kier alpha value is -2.25. The minimum absolute atomic E-state index is 0.0165. The average molecular weight is 407 g/mol. The van der Waals surface area contributed by atoms with E-state index in [-0.39, 0.29) is 30.0 Å². The Bertz CT molecular complexity index is 862. The lowest BCUT2D eigenvalue weighted by Gasteiger charge is -2.29. The summed E-state index contributed by atoms with van der Waals surface area (Å²) in [6.45, 7) is 4.79. The summed E-state index contributed by atoms with van der Waals surface area (Å²) < 4.78 is 13.4. The zero-order chi connectivity index (χ0) is 20.3. The molecular weight excluding hydrogens is 383 g/mol. The topological polar surface area (TPSA) is 78.4 Å². The molecule has 0 radical (unpaired) electrons. The fourth-order valence-corrected chi connectivity index (χ4v) is 3.43. The van der Waals surface area contributed by atoms with Crippen molar-refractivity contribution in [2.45, 2.75) is 45.2 Å². The summed E-state index contributed by atoms with van der Waals surface area (Å²) in [7, 11) is 0. The van der Waals surface area contributed by atoms with Crippen molar-refractivity contribution in [1.82, 2.24) is 14.9 Å². The number of halogens is 2. The van der Waals surface area contributed by atoms with Crippen molar-refractivity contribution in [1.29, 1.82) is 0 Å². The van der Waals surface area contributed by atoms with Gasteiger partial charge in [0, 0.05) is 31.1 Å². The third-order valence-corrected chi connectivity index (χ3v) is 5.06. The van der Waals surface area contributed by atoms with Gasteiger partial charge in [-0.15, -0.1) is 0 Å². The molecule has 0 spiro atoms. The third kappa shape index (κ3) is 4.77. The zero-order valence-electron chi connectivity index (χ0n) is 16.0. The van der Waals surface area contributed by atoms with Gasteiger partial charge in [0.05, 0.1) is 23.9 Å². The molecule has 1 aliphatic heterocycles. The molecule has 1 amide bonds. The van der Waals surface area contributed by atoms with Gasteiger partial charge in [-0.25, -0.2) is 14.4 Å². The second-order valence-corrected chi connectivity index (χ2v) is 7.69. The van der Waals surface area contributed by atoms with Crippen molar-refractivity contribution < 1.29 is 14.3 Å². The van der Waals surface area contributed by atoms with Gasteiger partial charge in [-0.3, -0.25) is 4.79 Å². The van der Waals surface area contributed by atoms with Crippen LogP contribution in [0.5, 0.6) is 0 Å². The molecule has 1 aliphatic rings. The molecule has 0 saturated heterocycles. The number of nitrogens with one attached hydrogen (secondary N) is 1. The van der Waals surface area contributed by atoms with E-state index in [2.05, 4.69) is 15.3 Å². The van der Waals surface area contributed by atoms with Crippen LogP contribution in [-0.2, 0) is 17.8 Å². The number of nitrogens with zero attached hydrogens (tertiary/aromatic N) is 3. The lowest BCUT2D eigenvalue weighted by molar-refractivity contribution is -0.132. The van der Waals surface area contributed by atoms with E-state index in [1.165, 1.54) is 12.1 Å². The van der Waals surface area contributed by atoms with E-state index in [0.29, 0.717) is 31.0 Å². The summed E-state index contributed by atoms with van der Waals surface area (Å²) in [5, 5.41) is 12.9. The molecule has 2 aromatic rings. The summed E-state index contributed by atoms with van der Waals surface area (Å²) in [5.41, 5.74) is 2.52. The lowest BCUT2D eigenvalue weighted by atomic mass is 9.95. The zero-order valence-corrected chi connectivity index (χ0v) is 16.7. The van der Waals surface area contributed by atoms with E-state index in [9.17, 15) is 14.3 Å². The Labute approximate surface area is 168 Å². The van der Waals surface area contributed by atoms with Gasteiger partial charge in [0.1, 0.15) is 5.82 Å². The van der Waals surface area contributed by atoms with Crippen LogP contribution >= 0.6 is 11.6 Å². The maximum Gasteiger partial charge on any atom is 0.223 e. The minimum atomic E-state index is -0.522. The van der Waals surface area contributed by atoms with Crippen LogP contribution in [0.2, 0.25) is 5.02 Å². The highest BCUT2D eigenvalue weighted by Gasteiger charge is 2.25. The second-order valence-electron chi connectivity index (χ2n) is 7.29. The first-order chi connectivity index (χ1) is 13.4. The lowest BCUT2D eigenvalue weighted by Crippen LogP contribution is -2.37. The third-order valence-electron chi connectivity index (χ3n) is 4.77. The highest BCUT2D eigenvalue weighted by Crippen LogP contribution is 2.26. The van der Waals surface area contributed by atoms with Gasteiger partial charge < -0.3 is 15.3 Å². The molecule has 1 atom stereocenters. The predicted molar refractivity (Wildman–Crippen MR) is 106 cm³/mol. The number of aliphatic hydroxyl groups is 1. The Morgan fingerprint density at radius 2 is 2.21 bits per heavy atom. The van der Waals surface area contributed by atoms with Gasteiger partial charge in [0.25, 0.3) is 0 Å². The molecule has 2 heterocycles. The van der Waals surface area contributed by atoms with E-state index in [4.69, 9.17) is 11.6 Å².